The number of rotatable bonds is 4. The highest BCUT2D eigenvalue weighted by atomic mass is 127. The number of aromatic hydroxyl groups is 1. The summed E-state index contributed by atoms with van der Waals surface area (Å²) in [5.41, 5.74) is 3.47. The second kappa shape index (κ2) is 8.24. The van der Waals surface area contributed by atoms with Crippen molar-refractivity contribution in [2.45, 2.75) is 14.7 Å². The van der Waals surface area contributed by atoms with Crippen molar-refractivity contribution in [2.75, 3.05) is 7.11 Å². The molecule has 3 nitrogen and oxygen atoms in total. The maximum atomic E-state index is 13.2. The van der Waals surface area contributed by atoms with Crippen LogP contribution in [0.25, 0.3) is 11.1 Å². The number of carbonyl (C=O) groups is 1. The van der Waals surface area contributed by atoms with E-state index in [1.165, 1.54) is 4.90 Å². The molecule has 0 fully saturated rings. The Morgan fingerprint density at radius 3 is 2.28 bits per heavy atom. The molecule has 0 saturated carbocycles. The van der Waals surface area contributed by atoms with Gasteiger partial charge in [-0.2, -0.15) is 0 Å². The molecule has 1 aliphatic heterocycles. The fourth-order valence-electron chi connectivity index (χ4n) is 4.01. The van der Waals surface area contributed by atoms with E-state index in [4.69, 9.17) is 4.74 Å². The van der Waals surface area contributed by atoms with E-state index in [9.17, 15) is 9.90 Å². The van der Waals surface area contributed by atoms with Crippen LogP contribution in [0.5, 0.6) is 11.5 Å². The van der Waals surface area contributed by atoms with Gasteiger partial charge in [0.1, 0.15) is 11.5 Å². The van der Waals surface area contributed by atoms with Gasteiger partial charge in [-0.15, -0.1) is 0 Å². The number of halogens is 2. The number of hydrogen-bond acceptors (Lipinski definition) is 3. The van der Waals surface area contributed by atoms with Crippen molar-refractivity contribution in [3.8, 4) is 22.6 Å². The summed E-state index contributed by atoms with van der Waals surface area (Å²) in [6.07, 6.45) is 0. The monoisotopic (exact) mass is 616 g/mol. The molecule has 1 aliphatic rings. The van der Waals surface area contributed by atoms with E-state index in [1.54, 1.807) is 37.4 Å². The van der Waals surface area contributed by atoms with Crippen LogP contribution in [0.4, 0.5) is 0 Å². The van der Waals surface area contributed by atoms with E-state index in [2.05, 4.69) is 55.6 Å². The van der Waals surface area contributed by atoms with E-state index >= 15 is 0 Å². The second-order valence-electron chi connectivity index (χ2n) is 7.42. The molecule has 0 amide bonds. The highest BCUT2D eigenvalue weighted by Crippen LogP contribution is 2.80. The summed E-state index contributed by atoms with van der Waals surface area (Å²) in [6.45, 7) is 0. The Hall–Kier alpha value is -2.29. The number of phenolic OH excluding ortho intramolecular Hbond substituents is 1. The van der Waals surface area contributed by atoms with Crippen LogP contribution in [0.1, 0.15) is 15.9 Å². The topological polar surface area (TPSA) is 46.5 Å². The molecule has 0 spiro atoms. The van der Waals surface area contributed by atoms with Crippen LogP contribution >= 0.6 is 45.9 Å². The fourth-order valence-corrected chi connectivity index (χ4v) is 9.79. The van der Waals surface area contributed by atoms with Gasteiger partial charge in [0.05, 0.1) is 10.7 Å². The number of hydrogen-bond donors (Lipinski definition) is 1. The number of ether oxygens (including phenoxy) is 1. The van der Waals surface area contributed by atoms with Crippen molar-refractivity contribution in [3.05, 3.63) is 99.6 Å². The lowest BCUT2D eigenvalue weighted by Gasteiger charge is -2.31. The van der Waals surface area contributed by atoms with Crippen molar-refractivity contribution in [1.82, 2.24) is 0 Å². The molecule has 0 aromatic heterocycles. The molecule has 6 heteroatoms. The van der Waals surface area contributed by atoms with Crippen molar-refractivity contribution in [3.63, 3.8) is 0 Å². The molecular formula is C26H18BrIO3S. The molecular weight excluding hydrogens is 599 g/mol. The molecule has 1 atom stereocenters. The smallest absolute Gasteiger partial charge is 0.193 e. The zero-order chi connectivity index (χ0) is 22.5. The van der Waals surface area contributed by atoms with Crippen molar-refractivity contribution >= 4 is 51.6 Å². The Labute approximate surface area is 209 Å². The maximum Gasteiger partial charge on any atom is 0.193 e. The number of phenols is 1. The summed E-state index contributed by atoms with van der Waals surface area (Å²) >= 11 is 6.29. The summed E-state index contributed by atoms with van der Waals surface area (Å²) in [7, 11) is -0.0778. The van der Waals surface area contributed by atoms with Crippen molar-refractivity contribution in [2.24, 2.45) is 0 Å². The minimum absolute atomic E-state index is 0.0193. The first-order valence-corrected chi connectivity index (χ1v) is 14.4. The van der Waals surface area contributed by atoms with Crippen LogP contribution < -0.4 is 4.74 Å². The SMILES string of the molecule is COc1ccc(C(=O)c2ccc3c(c2)-c2ccccc2S3(Br)c2ccc(O)c(I)c2)cc1. The molecule has 4 aromatic carbocycles. The van der Waals surface area contributed by atoms with Crippen LogP contribution in [-0.4, -0.2) is 18.0 Å². The van der Waals surface area contributed by atoms with E-state index < -0.39 is 8.46 Å². The third kappa shape index (κ3) is 3.36. The minimum atomic E-state index is -1.69. The van der Waals surface area contributed by atoms with E-state index in [1.807, 2.05) is 36.4 Å². The molecule has 5 rings (SSSR count). The van der Waals surface area contributed by atoms with Gasteiger partial charge in [0.25, 0.3) is 0 Å². The highest BCUT2D eigenvalue weighted by Gasteiger charge is 2.39. The third-order valence-corrected chi connectivity index (χ3v) is 12.5. The molecule has 0 aliphatic carbocycles. The number of methoxy groups -OCH3 is 1. The summed E-state index contributed by atoms with van der Waals surface area (Å²) in [6, 6.07) is 27.2. The van der Waals surface area contributed by atoms with Gasteiger partial charge in [0.2, 0.25) is 0 Å². The van der Waals surface area contributed by atoms with Gasteiger partial charge in [-0.05, 0) is 115 Å². The standard InChI is InChI=1S/C26H18BrIO3S/c1-31-18-9-6-16(7-10-18)26(30)17-8-13-25-21(14-17)20-4-2-3-5-24(20)32(25,27)19-11-12-23(29)22(28)15-19/h2-15,29H,1H3. The molecule has 160 valence electrons. The number of fused-ring (bicyclic) bond motifs is 3. The zero-order valence-electron chi connectivity index (χ0n) is 17.0. The summed E-state index contributed by atoms with van der Waals surface area (Å²) in [5.74, 6) is 0.978. The van der Waals surface area contributed by atoms with E-state index in [-0.39, 0.29) is 11.5 Å². The van der Waals surface area contributed by atoms with Crippen LogP contribution in [0.2, 0.25) is 0 Å². The third-order valence-electron chi connectivity index (χ3n) is 5.62. The quantitative estimate of drug-likeness (QED) is 0.188. The van der Waals surface area contributed by atoms with Gasteiger partial charge in [-0.25, -0.2) is 0 Å². The lowest BCUT2D eigenvalue weighted by Crippen LogP contribution is -2.02. The molecule has 1 heterocycles. The Morgan fingerprint density at radius 1 is 0.875 bits per heavy atom. The highest BCUT2D eigenvalue weighted by molar-refractivity contribution is 14.1. The van der Waals surface area contributed by atoms with Crippen LogP contribution in [-0.2, 0) is 0 Å². The Kier molecular flexibility index (Phi) is 5.55. The van der Waals surface area contributed by atoms with Gasteiger partial charge in [0.15, 0.2) is 5.78 Å². The minimum Gasteiger partial charge on any atom is -0.507 e. The first-order valence-electron chi connectivity index (χ1n) is 9.87. The summed E-state index contributed by atoms with van der Waals surface area (Å²) in [4.78, 5) is 16.7. The molecule has 32 heavy (non-hydrogen) atoms. The normalized spacial score (nSPS) is 18.3. The molecule has 1 N–H and O–H groups in total. The molecule has 4 aromatic rings. The lowest BCUT2D eigenvalue weighted by atomic mass is 9.98. The Balaban J connectivity index is 1.65. The first-order chi connectivity index (χ1) is 15.4. The number of ketones is 1. The molecule has 0 saturated heterocycles. The Morgan fingerprint density at radius 2 is 1.56 bits per heavy atom. The molecule has 0 radical (unpaired) electrons. The number of benzene rings is 4. The zero-order valence-corrected chi connectivity index (χ0v) is 21.6. The average molecular weight is 617 g/mol. The van der Waals surface area contributed by atoms with Crippen LogP contribution in [0.15, 0.2) is 99.6 Å². The number of carbonyl (C=O) groups excluding carboxylic acids is 1. The summed E-state index contributed by atoms with van der Waals surface area (Å²) in [5, 5.41) is 10.0. The summed E-state index contributed by atoms with van der Waals surface area (Å²) < 4.78 is 6.01. The van der Waals surface area contributed by atoms with Gasteiger partial charge < -0.3 is 9.84 Å². The van der Waals surface area contributed by atoms with Crippen molar-refractivity contribution in [1.29, 1.82) is 0 Å². The van der Waals surface area contributed by atoms with Gasteiger partial charge in [0, 0.05) is 25.8 Å². The van der Waals surface area contributed by atoms with Gasteiger partial charge in [-0.3, -0.25) is 4.79 Å². The van der Waals surface area contributed by atoms with Crippen LogP contribution in [0, 0.1) is 3.57 Å². The average Bonchev–Trinajstić information content (AvgIpc) is 3.09. The van der Waals surface area contributed by atoms with Gasteiger partial charge >= 0.3 is 0 Å². The fraction of sp³-hybridized carbons (Fsp3) is 0.0385. The molecule has 1 unspecified atom stereocenters. The van der Waals surface area contributed by atoms with Gasteiger partial charge in [-0.1, -0.05) is 26.7 Å². The maximum absolute atomic E-state index is 13.2. The van der Waals surface area contributed by atoms with E-state index in [0.717, 1.165) is 30.2 Å². The second-order valence-corrected chi connectivity index (χ2v) is 13.9. The predicted molar refractivity (Wildman–Crippen MR) is 140 cm³/mol. The molecule has 0 bridgehead atoms. The lowest BCUT2D eigenvalue weighted by molar-refractivity contribution is 0.103. The largest absolute Gasteiger partial charge is 0.507 e. The Bertz CT molecular complexity index is 1370. The van der Waals surface area contributed by atoms with Crippen LogP contribution in [0.3, 0.4) is 0 Å². The van der Waals surface area contributed by atoms with Crippen molar-refractivity contribution < 1.29 is 14.6 Å². The van der Waals surface area contributed by atoms with E-state index in [0.29, 0.717) is 11.1 Å². The first kappa shape index (κ1) is 21.6. The predicted octanol–water partition coefficient (Wildman–Crippen LogP) is 7.81.